The minimum atomic E-state index is -0.460. The fourth-order valence-electron chi connectivity index (χ4n) is 1.61. The number of hydrogen-bond donors (Lipinski definition) is 1. The summed E-state index contributed by atoms with van der Waals surface area (Å²) in [6.45, 7) is 3.72. The summed E-state index contributed by atoms with van der Waals surface area (Å²) in [6, 6.07) is -0.867. The van der Waals surface area contributed by atoms with Gasteiger partial charge in [-0.2, -0.15) is 0 Å². The molecule has 76 valence electrons. The molecular formula is C10H14N2O2. The molecule has 4 heteroatoms. The average molecular weight is 194 g/mol. The Morgan fingerprint density at radius 2 is 2.21 bits per heavy atom. The van der Waals surface area contributed by atoms with E-state index in [1.54, 1.807) is 6.92 Å². The van der Waals surface area contributed by atoms with E-state index < -0.39 is 12.1 Å². The lowest BCUT2D eigenvalue weighted by atomic mass is 10.1. The van der Waals surface area contributed by atoms with Crippen molar-refractivity contribution in [2.75, 3.05) is 6.54 Å². The molecule has 2 unspecified atom stereocenters. The van der Waals surface area contributed by atoms with Crippen LogP contribution in [0.15, 0.2) is 0 Å². The second-order valence-corrected chi connectivity index (χ2v) is 3.32. The number of nitrogens with zero attached hydrogens (tertiary/aromatic N) is 1. The van der Waals surface area contributed by atoms with Crippen LogP contribution < -0.4 is 5.32 Å². The van der Waals surface area contributed by atoms with Gasteiger partial charge in [-0.15, -0.1) is 6.42 Å². The van der Waals surface area contributed by atoms with Crippen molar-refractivity contribution in [3.63, 3.8) is 0 Å². The minimum absolute atomic E-state index is 0.102. The highest BCUT2D eigenvalue weighted by molar-refractivity contribution is 5.96. The Bertz CT molecular complexity index is 293. The third-order valence-corrected chi connectivity index (χ3v) is 2.34. The topological polar surface area (TPSA) is 49.4 Å². The number of rotatable bonds is 2. The highest BCUT2D eigenvalue weighted by Gasteiger charge is 2.36. The zero-order chi connectivity index (χ0) is 10.7. The standard InChI is InChI=1S/C10H14N2O2/c1-4-6-12-8(5-2)9(13)11-7(3)10(12)14/h1,7-8H,5-6H2,2-3H3,(H,11,13). The largest absolute Gasteiger partial charge is 0.343 e. The van der Waals surface area contributed by atoms with Gasteiger partial charge in [-0.05, 0) is 13.3 Å². The van der Waals surface area contributed by atoms with Gasteiger partial charge in [0.2, 0.25) is 11.8 Å². The van der Waals surface area contributed by atoms with Crippen LogP contribution in [0.4, 0.5) is 0 Å². The fraction of sp³-hybridized carbons (Fsp3) is 0.600. The average Bonchev–Trinajstić information content (AvgIpc) is 2.14. The van der Waals surface area contributed by atoms with Crippen LogP contribution >= 0.6 is 0 Å². The van der Waals surface area contributed by atoms with Crippen molar-refractivity contribution in [3.05, 3.63) is 0 Å². The molecule has 0 saturated carbocycles. The number of piperazine rings is 1. The van der Waals surface area contributed by atoms with E-state index >= 15 is 0 Å². The second kappa shape index (κ2) is 4.14. The van der Waals surface area contributed by atoms with Crippen molar-refractivity contribution in [1.82, 2.24) is 10.2 Å². The smallest absolute Gasteiger partial charge is 0.246 e. The predicted octanol–water partition coefficient (Wildman–Crippen LogP) is -0.255. The SMILES string of the molecule is C#CCN1C(=O)C(C)NC(=O)C1CC. The monoisotopic (exact) mass is 194 g/mol. The normalized spacial score (nSPS) is 27.1. The van der Waals surface area contributed by atoms with Crippen molar-refractivity contribution >= 4 is 11.8 Å². The molecule has 4 nitrogen and oxygen atoms in total. The Morgan fingerprint density at radius 1 is 1.57 bits per heavy atom. The fourth-order valence-corrected chi connectivity index (χ4v) is 1.61. The van der Waals surface area contributed by atoms with Crippen LogP contribution in [0.25, 0.3) is 0 Å². The number of terminal acetylenes is 1. The van der Waals surface area contributed by atoms with E-state index in [1.165, 1.54) is 4.90 Å². The Labute approximate surface area is 83.6 Å². The van der Waals surface area contributed by atoms with Gasteiger partial charge in [-0.1, -0.05) is 12.8 Å². The summed E-state index contributed by atoms with van der Waals surface area (Å²) in [7, 11) is 0. The second-order valence-electron chi connectivity index (χ2n) is 3.32. The predicted molar refractivity (Wildman–Crippen MR) is 52.2 cm³/mol. The van der Waals surface area contributed by atoms with Gasteiger partial charge in [0.1, 0.15) is 12.1 Å². The Kier molecular flexibility index (Phi) is 3.13. The molecule has 1 aliphatic rings. The quantitative estimate of drug-likeness (QED) is 0.616. The first-order chi connectivity index (χ1) is 6.61. The molecule has 2 atom stereocenters. The van der Waals surface area contributed by atoms with Crippen molar-refractivity contribution < 1.29 is 9.59 Å². The third-order valence-electron chi connectivity index (χ3n) is 2.34. The van der Waals surface area contributed by atoms with Crippen LogP contribution in [0.3, 0.4) is 0 Å². The van der Waals surface area contributed by atoms with Crippen LogP contribution in [0.1, 0.15) is 20.3 Å². The zero-order valence-electron chi connectivity index (χ0n) is 8.41. The number of hydrogen-bond acceptors (Lipinski definition) is 2. The molecule has 1 N–H and O–H groups in total. The van der Waals surface area contributed by atoms with Crippen LogP contribution in [-0.4, -0.2) is 35.3 Å². The van der Waals surface area contributed by atoms with E-state index in [-0.39, 0.29) is 18.4 Å². The molecule has 1 aliphatic heterocycles. The van der Waals surface area contributed by atoms with Crippen molar-refractivity contribution in [3.8, 4) is 12.3 Å². The van der Waals surface area contributed by atoms with E-state index in [1.807, 2.05) is 6.92 Å². The van der Waals surface area contributed by atoms with Crippen molar-refractivity contribution in [1.29, 1.82) is 0 Å². The first-order valence-electron chi connectivity index (χ1n) is 4.66. The van der Waals surface area contributed by atoms with Gasteiger partial charge in [0.15, 0.2) is 0 Å². The molecule has 0 aromatic carbocycles. The lowest BCUT2D eigenvalue weighted by Crippen LogP contribution is -2.62. The highest BCUT2D eigenvalue weighted by Crippen LogP contribution is 2.11. The highest BCUT2D eigenvalue weighted by atomic mass is 16.2. The molecule has 1 heterocycles. The van der Waals surface area contributed by atoms with Gasteiger partial charge in [0, 0.05) is 0 Å². The summed E-state index contributed by atoms with van der Waals surface area (Å²) in [4.78, 5) is 24.6. The van der Waals surface area contributed by atoms with E-state index in [4.69, 9.17) is 6.42 Å². The third kappa shape index (κ3) is 1.72. The summed E-state index contributed by atoms with van der Waals surface area (Å²) < 4.78 is 0. The molecule has 1 rings (SSSR count). The van der Waals surface area contributed by atoms with E-state index in [0.29, 0.717) is 6.42 Å². The van der Waals surface area contributed by atoms with Crippen LogP contribution in [0.5, 0.6) is 0 Å². The molecule has 0 aliphatic carbocycles. The Morgan fingerprint density at radius 3 is 2.71 bits per heavy atom. The van der Waals surface area contributed by atoms with E-state index in [2.05, 4.69) is 11.2 Å². The molecular weight excluding hydrogens is 180 g/mol. The zero-order valence-corrected chi connectivity index (χ0v) is 8.41. The summed E-state index contributed by atoms with van der Waals surface area (Å²) in [5.41, 5.74) is 0. The molecule has 1 fully saturated rings. The minimum Gasteiger partial charge on any atom is -0.343 e. The molecule has 0 radical (unpaired) electrons. The molecule has 0 spiro atoms. The van der Waals surface area contributed by atoms with Crippen LogP contribution in [0, 0.1) is 12.3 Å². The first-order valence-corrected chi connectivity index (χ1v) is 4.66. The molecule has 14 heavy (non-hydrogen) atoms. The van der Waals surface area contributed by atoms with Gasteiger partial charge < -0.3 is 10.2 Å². The summed E-state index contributed by atoms with van der Waals surface area (Å²) in [5, 5.41) is 2.62. The molecule has 2 amide bonds. The Balaban J connectivity index is 2.87. The van der Waals surface area contributed by atoms with Gasteiger partial charge in [0.25, 0.3) is 0 Å². The number of carbonyl (C=O) groups is 2. The van der Waals surface area contributed by atoms with Gasteiger partial charge in [-0.3, -0.25) is 9.59 Å². The maximum absolute atomic E-state index is 11.6. The van der Waals surface area contributed by atoms with Gasteiger partial charge in [0.05, 0.1) is 6.54 Å². The maximum atomic E-state index is 11.6. The molecule has 0 bridgehead atoms. The number of carbonyl (C=O) groups excluding carboxylic acids is 2. The first kappa shape index (κ1) is 10.6. The van der Waals surface area contributed by atoms with Crippen molar-refractivity contribution in [2.45, 2.75) is 32.4 Å². The van der Waals surface area contributed by atoms with Crippen LogP contribution in [0.2, 0.25) is 0 Å². The van der Waals surface area contributed by atoms with E-state index in [9.17, 15) is 9.59 Å². The van der Waals surface area contributed by atoms with Gasteiger partial charge >= 0.3 is 0 Å². The van der Waals surface area contributed by atoms with Gasteiger partial charge in [-0.25, -0.2) is 0 Å². The lowest BCUT2D eigenvalue weighted by molar-refractivity contribution is -0.148. The molecule has 0 aromatic rings. The summed E-state index contributed by atoms with van der Waals surface area (Å²) in [6.07, 6.45) is 5.74. The van der Waals surface area contributed by atoms with Crippen LogP contribution in [-0.2, 0) is 9.59 Å². The molecule has 0 aromatic heterocycles. The molecule has 1 saturated heterocycles. The van der Waals surface area contributed by atoms with E-state index in [0.717, 1.165) is 0 Å². The summed E-state index contributed by atoms with van der Waals surface area (Å²) in [5.74, 6) is 2.18. The maximum Gasteiger partial charge on any atom is 0.246 e. The Hall–Kier alpha value is -1.50. The number of nitrogens with one attached hydrogen (secondary N) is 1. The number of amides is 2. The summed E-state index contributed by atoms with van der Waals surface area (Å²) >= 11 is 0. The lowest BCUT2D eigenvalue weighted by Gasteiger charge is -2.36. The van der Waals surface area contributed by atoms with Crippen molar-refractivity contribution in [2.24, 2.45) is 0 Å².